The predicted octanol–water partition coefficient (Wildman–Crippen LogP) is 4.80. The number of hydrogen-bond donors (Lipinski definition) is 3. The first-order chi connectivity index (χ1) is 16.0. The van der Waals surface area contributed by atoms with Gasteiger partial charge in [-0.25, -0.2) is 18.7 Å². The van der Waals surface area contributed by atoms with Crippen molar-refractivity contribution in [3.63, 3.8) is 0 Å². The van der Waals surface area contributed by atoms with Crippen LogP contribution in [0.2, 0.25) is 0 Å². The number of aromatic nitrogens is 3. The van der Waals surface area contributed by atoms with Gasteiger partial charge in [0, 0.05) is 54.7 Å². The summed E-state index contributed by atoms with van der Waals surface area (Å²) >= 11 is 0. The number of fused-ring (bicyclic) bond motifs is 1. The second-order valence-corrected chi connectivity index (χ2v) is 8.07. The van der Waals surface area contributed by atoms with Gasteiger partial charge >= 0.3 is 0 Å². The van der Waals surface area contributed by atoms with Crippen molar-refractivity contribution in [1.29, 1.82) is 0 Å². The van der Waals surface area contributed by atoms with Gasteiger partial charge in [-0.05, 0) is 44.2 Å². The number of benzene rings is 2. The van der Waals surface area contributed by atoms with Crippen molar-refractivity contribution in [2.24, 2.45) is 0 Å². The van der Waals surface area contributed by atoms with Crippen LogP contribution in [0.3, 0.4) is 0 Å². The zero-order chi connectivity index (χ0) is 22.9. The van der Waals surface area contributed by atoms with Crippen LogP contribution in [0.4, 0.5) is 26.0 Å². The predicted molar refractivity (Wildman–Crippen MR) is 125 cm³/mol. The summed E-state index contributed by atoms with van der Waals surface area (Å²) in [5, 5.41) is 6.74. The average molecular weight is 450 g/mol. The van der Waals surface area contributed by atoms with E-state index in [-0.39, 0.29) is 22.5 Å². The Labute approximate surface area is 189 Å². The van der Waals surface area contributed by atoms with Crippen molar-refractivity contribution in [3.8, 4) is 11.6 Å². The Morgan fingerprint density at radius 1 is 1.03 bits per heavy atom. The Morgan fingerprint density at radius 3 is 2.55 bits per heavy atom. The Hall–Kier alpha value is -3.72. The van der Waals surface area contributed by atoms with Gasteiger partial charge < -0.3 is 25.3 Å². The number of hydrogen-bond acceptors (Lipinski definition) is 6. The number of halogens is 2. The van der Waals surface area contributed by atoms with Crippen molar-refractivity contribution >= 4 is 28.1 Å². The average Bonchev–Trinajstić information content (AvgIpc) is 3.23. The van der Waals surface area contributed by atoms with Crippen molar-refractivity contribution in [3.05, 3.63) is 65.6 Å². The number of aromatic amines is 1. The first-order valence-corrected chi connectivity index (χ1v) is 10.8. The molecule has 0 amide bonds. The lowest BCUT2D eigenvalue weighted by Crippen LogP contribution is -2.43. The van der Waals surface area contributed by atoms with Crippen LogP contribution in [0.15, 0.2) is 42.7 Å². The minimum absolute atomic E-state index is 0.114. The van der Waals surface area contributed by atoms with Crippen molar-refractivity contribution in [2.45, 2.75) is 13.8 Å². The molecule has 2 aromatic carbocycles. The van der Waals surface area contributed by atoms with E-state index in [1.165, 1.54) is 12.0 Å². The maximum absolute atomic E-state index is 14.9. The molecule has 0 bridgehead atoms. The molecule has 0 radical (unpaired) electrons. The second-order valence-electron chi connectivity index (χ2n) is 8.07. The molecule has 7 nitrogen and oxygen atoms in total. The Balaban J connectivity index is 1.37. The van der Waals surface area contributed by atoms with E-state index in [2.05, 4.69) is 42.6 Å². The molecular formula is C24H24F2N6O. The van der Waals surface area contributed by atoms with Crippen LogP contribution in [0, 0.1) is 25.5 Å². The van der Waals surface area contributed by atoms with Gasteiger partial charge in [0.25, 0.3) is 0 Å². The molecule has 0 spiro atoms. The van der Waals surface area contributed by atoms with Crippen LogP contribution in [0.1, 0.15) is 11.3 Å². The van der Waals surface area contributed by atoms with Gasteiger partial charge in [-0.1, -0.05) is 0 Å². The quantitative estimate of drug-likeness (QED) is 0.406. The summed E-state index contributed by atoms with van der Waals surface area (Å²) < 4.78 is 35.1. The molecule has 0 unspecified atom stereocenters. The second kappa shape index (κ2) is 8.67. The molecule has 1 fully saturated rings. The molecule has 0 saturated carbocycles. The summed E-state index contributed by atoms with van der Waals surface area (Å²) in [6.07, 6.45) is 1.33. The molecular weight excluding hydrogens is 426 g/mol. The summed E-state index contributed by atoms with van der Waals surface area (Å²) in [6, 6.07) is 10.7. The van der Waals surface area contributed by atoms with E-state index in [9.17, 15) is 8.78 Å². The fraction of sp³-hybridized carbons (Fsp3) is 0.250. The van der Waals surface area contributed by atoms with Crippen molar-refractivity contribution in [2.75, 3.05) is 36.4 Å². The molecule has 1 aliphatic heterocycles. The fourth-order valence-corrected chi connectivity index (χ4v) is 3.99. The van der Waals surface area contributed by atoms with E-state index in [4.69, 9.17) is 4.74 Å². The van der Waals surface area contributed by atoms with E-state index in [0.29, 0.717) is 17.1 Å². The van der Waals surface area contributed by atoms with E-state index < -0.39 is 11.6 Å². The smallest absolute Gasteiger partial charge is 0.227 e. The number of ether oxygens (including phenoxy) is 1. The van der Waals surface area contributed by atoms with Crippen molar-refractivity contribution < 1.29 is 13.5 Å². The van der Waals surface area contributed by atoms with Gasteiger partial charge in [0.1, 0.15) is 12.1 Å². The van der Waals surface area contributed by atoms with Crippen LogP contribution in [0.5, 0.6) is 11.6 Å². The molecule has 0 aliphatic carbocycles. The molecule has 1 saturated heterocycles. The van der Waals surface area contributed by atoms with Gasteiger partial charge in [0.05, 0.1) is 11.1 Å². The zero-order valence-corrected chi connectivity index (χ0v) is 18.4. The number of aryl methyl sites for hydroxylation is 1. The summed E-state index contributed by atoms with van der Waals surface area (Å²) in [7, 11) is 0. The first kappa shape index (κ1) is 21.1. The first-order valence-electron chi connectivity index (χ1n) is 10.8. The van der Waals surface area contributed by atoms with Crippen LogP contribution >= 0.6 is 0 Å². The molecule has 2 aromatic heterocycles. The highest BCUT2D eigenvalue weighted by molar-refractivity contribution is 5.83. The minimum Gasteiger partial charge on any atom is -0.435 e. The Bertz CT molecular complexity index is 1300. The third-order valence-electron chi connectivity index (χ3n) is 5.76. The zero-order valence-electron chi connectivity index (χ0n) is 18.4. The summed E-state index contributed by atoms with van der Waals surface area (Å²) in [6.45, 7) is 7.41. The van der Waals surface area contributed by atoms with Gasteiger partial charge in [-0.2, -0.15) is 0 Å². The van der Waals surface area contributed by atoms with Crippen LogP contribution in [-0.2, 0) is 0 Å². The van der Waals surface area contributed by atoms with E-state index >= 15 is 0 Å². The monoisotopic (exact) mass is 450 g/mol. The lowest BCUT2D eigenvalue weighted by atomic mass is 10.2. The number of nitrogens with one attached hydrogen (secondary N) is 3. The maximum atomic E-state index is 14.9. The molecule has 1 aliphatic rings. The molecule has 5 rings (SSSR count). The van der Waals surface area contributed by atoms with Gasteiger partial charge in [0.2, 0.25) is 5.88 Å². The molecule has 3 N–H and O–H groups in total. The van der Waals surface area contributed by atoms with Crippen molar-refractivity contribution in [1.82, 2.24) is 20.3 Å². The summed E-state index contributed by atoms with van der Waals surface area (Å²) in [5.41, 5.74) is 3.37. The highest BCUT2D eigenvalue weighted by Crippen LogP contribution is 2.34. The largest absolute Gasteiger partial charge is 0.435 e. The minimum atomic E-state index is -0.647. The molecule has 0 atom stereocenters. The molecule has 4 aromatic rings. The third kappa shape index (κ3) is 4.19. The van der Waals surface area contributed by atoms with Gasteiger partial charge in [-0.15, -0.1) is 0 Å². The van der Waals surface area contributed by atoms with Gasteiger partial charge in [-0.3, -0.25) is 0 Å². The lowest BCUT2D eigenvalue weighted by Gasteiger charge is -2.29. The number of H-pyrrole nitrogens is 1. The Morgan fingerprint density at radius 2 is 1.79 bits per heavy atom. The van der Waals surface area contributed by atoms with Gasteiger partial charge in [0.15, 0.2) is 17.4 Å². The highest BCUT2D eigenvalue weighted by Gasteiger charge is 2.18. The van der Waals surface area contributed by atoms with Crippen LogP contribution in [-0.4, -0.2) is 41.1 Å². The van der Waals surface area contributed by atoms with E-state index in [0.717, 1.165) is 37.9 Å². The van der Waals surface area contributed by atoms with E-state index in [1.807, 2.05) is 12.1 Å². The lowest BCUT2D eigenvalue weighted by molar-refractivity contribution is 0.423. The number of rotatable bonds is 5. The standard InChI is InChI=1S/C24H24F2N6O/c1-14-11-18-21(26)20(12-19(25)22(18)30-14)33-24-15(2)23(28-13-29-24)31-16-3-5-17(6-4-16)32-9-7-27-8-10-32/h3-6,11-13,27,30H,7-10H2,1-2H3,(H,28,29,31). The highest BCUT2D eigenvalue weighted by atomic mass is 19.1. The van der Waals surface area contributed by atoms with E-state index in [1.54, 1.807) is 19.9 Å². The number of piperazine rings is 1. The SMILES string of the molecule is Cc1cc2c(F)c(Oc3ncnc(Nc4ccc(N5CCNCC5)cc4)c3C)cc(F)c2[nH]1. The number of anilines is 3. The summed E-state index contributed by atoms with van der Waals surface area (Å²) in [4.78, 5) is 13.6. The van der Waals surface area contributed by atoms with Crippen LogP contribution in [0.25, 0.3) is 10.9 Å². The molecule has 33 heavy (non-hydrogen) atoms. The third-order valence-corrected chi connectivity index (χ3v) is 5.76. The normalized spacial score (nSPS) is 14.0. The summed E-state index contributed by atoms with van der Waals surface area (Å²) in [5.74, 6) is -0.799. The topological polar surface area (TPSA) is 78.1 Å². The van der Waals surface area contributed by atoms with Crippen LogP contribution < -0.4 is 20.3 Å². The maximum Gasteiger partial charge on any atom is 0.227 e. The molecule has 170 valence electrons. The Kier molecular flexibility index (Phi) is 5.55. The molecule has 9 heteroatoms. The molecule has 3 heterocycles. The number of nitrogens with zero attached hydrogens (tertiary/aromatic N) is 3. The fourth-order valence-electron chi connectivity index (χ4n) is 3.99.